The van der Waals surface area contributed by atoms with E-state index in [4.69, 9.17) is 16.9 Å². The highest BCUT2D eigenvalue weighted by Gasteiger charge is 2.39. The highest BCUT2D eigenvalue weighted by Crippen LogP contribution is 2.34. The number of nitrogens with zero attached hydrogens (tertiary/aromatic N) is 2. The first kappa shape index (κ1) is 14.1. The number of amides is 1. The summed E-state index contributed by atoms with van der Waals surface area (Å²) < 4.78 is 0. The molecule has 2 aliphatic heterocycles. The maximum absolute atomic E-state index is 12.8. The van der Waals surface area contributed by atoms with E-state index >= 15 is 0 Å². The van der Waals surface area contributed by atoms with Gasteiger partial charge in [-0.25, -0.2) is 0 Å². The van der Waals surface area contributed by atoms with E-state index in [-0.39, 0.29) is 17.7 Å². The van der Waals surface area contributed by atoms with E-state index < -0.39 is 6.04 Å². The molecular formula is C16H16ClN3O. The highest BCUT2D eigenvalue weighted by molar-refractivity contribution is 6.31. The third kappa shape index (κ3) is 2.55. The summed E-state index contributed by atoms with van der Waals surface area (Å²) in [6, 6.07) is 9.38. The second-order valence-electron chi connectivity index (χ2n) is 5.39. The molecule has 1 aromatic rings. The molecule has 3 unspecified atom stereocenters. The Bertz CT molecular complexity index is 622. The molecule has 0 spiro atoms. The number of hydrogen-bond acceptors (Lipinski definition) is 3. The summed E-state index contributed by atoms with van der Waals surface area (Å²) >= 11 is 6.27. The Morgan fingerprint density at radius 1 is 1.38 bits per heavy atom. The number of benzene rings is 1. The third-order valence-electron chi connectivity index (χ3n) is 4.21. The van der Waals surface area contributed by atoms with Crippen LogP contribution in [0.3, 0.4) is 0 Å². The zero-order valence-electron chi connectivity index (χ0n) is 11.5. The van der Waals surface area contributed by atoms with E-state index in [2.05, 4.69) is 11.4 Å². The van der Waals surface area contributed by atoms with Crippen LogP contribution in [0.4, 0.5) is 0 Å². The first-order valence-corrected chi connectivity index (χ1v) is 7.42. The minimum absolute atomic E-state index is 0.0291. The number of carbonyl (C=O) groups excluding carboxylic acids is 1. The van der Waals surface area contributed by atoms with Gasteiger partial charge in [-0.05, 0) is 17.7 Å². The maximum atomic E-state index is 12.8. The summed E-state index contributed by atoms with van der Waals surface area (Å²) in [5.41, 5.74) is 1.00. The van der Waals surface area contributed by atoms with E-state index in [1.54, 1.807) is 11.0 Å². The van der Waals surface area contributed by atoms with Crippen LogP contribution in [0.2, 0.25) is 5.02 Å². The van der Waals surface area contributed by atoms with Gasteiger partial charge in [0.15, 0.2) is 0 Å². The van der Waals surface area contributed by atoms with Gasteiger partial charge in [0.25, 0.3) is 0 Å². The zero-order valence-corrected chi connectivity index (χ0v) is 12.3. The van der Waals surface area contributed by atoms with Crippen LogP contribution in [-0.2, 0) is 4.79 Å². The number of rotatable bonds is 2. The van der Waals surface area contributed by atoms with Gasteiger partial charge in [-0.2, -0.15) is 5.26 Å². The van der Waals surface area contributed by atoms with Crippen molar-refractivity contribution in [2.45, 2.75) is 12.0 Å². The predicted octanol–water partition coefficient (Wildman–Crippen LogP) is 1.93. The SMILES string of the molecule is N#CC1C=CCN1C(=O)C1CNCC1c1ccccc1Cl. The molecule has 1 N–H and O–H groups in total. The molecule has 0 saturated carbocycles. The van der Waals surface area contributed by atoms with Crippen molar-refractivity contribution in [3.05, 3.63) is 47.0 Å². The Balaban J connectivity index is 1.83. The lowest BCUT2D eigenvalue weighted by molar-refractivity contribution is -0.134. The fraction of sp³-hybridized carbons (Fsp3) is 0.375. The Morgan fingerprint density at radius 2 is 2.19 bits per heavy atom. The minimum atomic E-state index is -0.440. The molecule has 21 heavy (non-hydrogen) atoms. The van der Waals surface area contributed by atoms with Crippen molar-refractivity contribution in [2.24, 2.45) is 5.92 Å². The predicted molar refractivity (Wildman–Crippen MR) is 80.8 cm³/mol. The molecule has 0 aliphatic carbocycles. The van der Waals surface area contributed by atoms with Gasteiger partial charge < -0.3 is 10.2 Å². The number of hydrogen-bond donors (Lipinski definition) is 1. The molecule has 4 nitrogen and oxygen atoms in total. The van der Waals surface area contributed by atoms with Crippen molar-refractivity contribution in [1.82, 2.24) is 10.2 Å². The van der Waals surface area contributed by atoms with Crippen molar-refractivity contribution in [2.75, 3.05) is 19.6 Å². The van der Waals surface area contributed by atoms with Gasteiger partial charge in [-0.15, -0.1) is 0 Å². The van der Waals surface area contributed by atoms with Crippen molar-refractivity contribution >= 4 is 17.5 Å². The molecule has 0 radical (unpaired) electrons. The largest absolute Gasteiger partial charge is 0.319 e. The number of halogens is 1. The normalized spacial score (nSPS) is 27.8. The number of nitrogens with one attached hydrogen (secondary N) is 1. The maximum Gasteiger partial charge on any atom is 0.229 e. The quantitative estimate of drug-likeness (QED) is 0.849. The molecule has 1 saturated heterocycles. The van der Waals surface area contributed by atoms with Crippen molar-refractivity contribution in [3.8, 4) is 6.07 Å². The van der Waals surface area contributed by atoms with Crippen LogP contribution in [0.15, 0.2) is 36.4 Å². The van der Waals surface area contributed by atoms with Gasteiger partial charge in [0.2, 0.25) is 5.91 Å². The fourth-order valence-corrected chi connectivity index (χ4v) is 3.39. The third-order valence-corrected chi connectivity index (χ3v) is 4.55. The van der Waals surface area contributed by atoms with Crippen LogP contribution in [0.25, 0.3) is 0 Å². The average Bonchev–Trinajstić information content (AvgIpc) is 3.16. The average molecular weight is 302 g/mol. The molecule has 0 aromatic heterocycles. The summed E-state index contributed by atoms with van der Waals surface area (Å²) in [5.74, 6) is -0.0757. The van der Waals surface area contributed by atoms with E-state index in [9.17, 15) is 4.79 Å². The molecule has 2 aliphatic rings. The summed E-state index contributed by atoms with van der Waals surface area (Å²) in [6.07, 6.45) is 3.66. The second-order valence-corrected chi connectivity index (χ2v) is 5.79. The first-order chi connectivity index (χ1) is 10.2. The van der Waals surface area contributed by atoms with Gasteiger partial charge in [0.05, 0.1) is 12.0 Å². The van der Waals surface area contributed by atoms with Crippen LogP contribution in [0.1, 0.15) is 11.5 Å². The van der Waals surface area contributed by atoms with Gasteiger partial charge in [-0.1, -0.05) is 35.9 Å². The number of carbonyl (C=O) groups is 1. The lowest BCUT2D eigenvalue weighted by atomic mass is 9.87. The van der Waals surface area contributed by atoms with Gasteiger partial charge >= 0.3 is 0 Å². The van der Waals surface area contributed by atoms with Crippen LogP contribution in [-0.4, -0.2) is 36.5 Å². The van der Waals surface area contributed by atoms with E-state index in [0.29, 0.717) is 18.1 Å². The van der Waals surface area contributed by atoms with Crippen LogP contribution in [0, 0.1) is 17.2 Å². The van der Waals surface area contributed by atoms with Crippen molar-refractivity contribution in [3.63, 3.8) is 0 Å². The summed E-state index contributed by atoms with van der Waals surface area (Å²) in [5, 5.41) is 13.1. The van der Waals surface area contributed by atoms with Crippen LogP contribution < -0.4 is 5.32 Å². The molecular weight excluding hydrogens is 286 g/mol. The van der Waals surface area contributed by atoms with Crippen LogP contribution >= 0.6 is 11.6 Å². The number of nitriles is 1. The van der Waals surface area contributed by atoms with E-state index in [1.807, 2.05) is 30.3 Å². The van der Waals surface area contributed by atoms with Gasteiger partial charge in [0.1, 0.15) is 6.04 Å². The molecule has 1 fully saturated rings. The molecule has 3 rings (SSSR count). The second kappa shape index (κ2) is 5.88. The van der Waals surface area contributed by atoms with Crippen LogP contribution in [0.5, 0.6) is 0 Å². The zero-order chi connectivity index (χ0) is 14.8. The lowest BCUT2D eigenvalue weighted by Crippen LogP contribution is -2.41. The smallest absolute Gasteiger partial charge is 0.229 e. The Hall–Kier alpha value is -1.83. The first-order valence-electron chi connectivity index (χ1n) is 7.04. The summed E-state index contributed by atoms with van der Waals surface area (Å²) in [4.78, 5) is 14.4. The summed E-state index contributed by atoms with van der Waals surface area (Å²) in [6.45, 7) is 1.88. The molecule has 108 valence electrons. The molecule has 2 heterocycles. The lowest BCUT2D eigenvalue weighted by Gasteiger charge is -2.26. The molecule has 5 heteroatoms. The Labute approximate surface area is 129 Å². The Kier molecular flexibility index (Phi) is 3.96. The van der Waals surface area contributed by atoms with E-state index in [0.717, 1.165) is 12.1 Å². The van der Waals surface area contributed by atoms with Crippen molar-refractivity contribution < 1.29 is 4.79 Å². The standard InChI is InChI=1S/C16H16ClN3O/c17-15-6-2-1-5-12(15)13-9-19-10-14(13)16(21)20-7-3-4-11(20)8-18/h1-6,11,13-14,19H,7,9-10H2. The molecule has 1 amide bonds. The minimum Gasteiger partial charge on any atom is -0.319 e. The van der Waals surface area contributed by atoms with E-state index in [1.165, 1.54) is 0 Å². The topological polar surface area (TPSA) is 56.1 Å². The monoisotopic (exact) mass is 301 g/mol. The molecule has 0 bridgehead atoms. The fourth-order valence-electron chi connectivity index (χ4n) is 3.11. The highest BCUT2D eigenvalue weighted by atomic mass is 35.5. The molecule has 1 aromatic carbocycles. The van der Waals surface area contributed by atoms with Gasteiger partial charge in [0, 0.05) is 30.6 Å². The summed E-state index contributed by atoms with van der Waals surface area (Å²) in [7, 11) is 0. The van der Waals surface area contributed by atoms with Gasteiger partial charge in [-0.3, -0.25) is 4.79 Å². The Morgan fingerprint density at radius 3 is 2.95 bits per heavy atom. The van der Waals surface area contributed by atoms with Crippen molar-refractivity contribution in [1.29, 1.82) is 5.26 Å². The molecule has 3 atom stereocenters.